The van der Waals surface area contributed by atoms with Gasteiger partial charge in [-0.1, -0.05) is 12.8 Å². The first-order chi connectivity index (χ1) is 13.1. The van der Waals surface area contributed by atoms with E-state index in [1.807, 2.05) is 36.0 Å². The number of carbonyl (C=O) groups is 1. The first-order valence-corrected chi connectivity index (χ1v) is 9.46. The van der Waals surface area contributed by atoms with Gasteiger partial charge in [0.05, 0.1) is 33.5 Å². The molecule has 1 aliphatic carbocycles. The average molecular weight is 373 g/mol. The zero-order chi connectivity index (χ0) is 19.2. The molecule has 1 atom stereocenters. The molecule has 0 aliphatic heterocycles. The number of hydrogen-bond acceptors (Lipinski definition) is 4. The molecule has 1 fully saturated rings. The van der Waals surface area contributed by atoms with Crippen LogP contribution in [0.4, 0.5) is 5.82 Å². The quantitative estimate of drug-likeness (QED) is 0.739. The van der Waals surface area contributed by atoms with Crippen molar-refractivity contribution in [3.63, 3.8) is 0 Å². The number of amides is 1. The predicted molar refractivity (Wildman–Crippen MR) is 103 cm³/mol. The first-order valence-electron chi connectivity index (χ1n) is 9.46. The number of aromatic nitrogens is 2. The molecule has 7 nitrogen and oxygen atoms in total. The van der Waals surface area contributed by atoms with Gasteiger partial charge in [0.1, 0.15) is 12.4 Å². The van der Waals surface area contributed by atoms with E-state index in [1.54, 1.807) is 20.4 Å². The molecular formula is C20H29N4O3+. The van der Waals surface area contributed by atoms with E-state index in [9.17, 15) is 4.79 Å². The third kappa shape index (κ3) is 4.80. The second kappa shape index (κ2) is 8.90. The van der Waals surface area contributed by atoms with Crippen LogP contribution in [0.1, 0.15) is 37.3 Å². The largest absolute Gasteiger partial charge is 0.493 e. The number of quaternary nitrogens is 1. The molecule has 3 rings (SSSR count). The van der Waals surface area contributed by atoms with Gasteiger partial charge in [-0.25, -0.2) is 4.68 Å². The van der Waals surface area contributed by atoms with E-state index in [1.165, 1.54) is 12.8 Å². The number of methoxy groups -OCH3 is 2. The van der Waals surface area contributed by atoms with Crippen molar-refractivity contribution in [2.45, 2.75) is 38.3 Å². The highest BCUT2D eigenvalue weighted by Gasteiger charge is 2.21. The smallest absolute Gasteiger partial charge is 0.280 e. The molecular weight excluding hydrogens is 344 g/mol. The molecule has 0 spiro atoms. The minimum Gasteiger partial charge on any atom is -0.493 e. The SMILES string of the molecule is COc1ccc(C[NH+](C)CC(=O)Nc2ccnn2C2CCCC2)cc1OC. The summed E-state index contributed by atoms with van der Waals surface area (Å²) in [6, 6.07) is 8.13. The molecule has 0 radical (unpaired) electrons. The number of carbonyl (C=O) groups excluding carboxylic acids is 1. The normalized spacial score (nSPS) is 15.5. The summed E-state index contributed by atoms with van der Waals surface area (Å²) in [4.78, 5) is 13.6. The fourth-order valence-corrected chi connectivity index (χ4v) is 3.72. The molecule has 7 heteroatoms. The van der Waals surface area contributed by atoms with Crippen LogP contribution in [0, 0.1) is 0 Å². The zero-order valence-corrected chi connectivity index (χ0v) is 16.3. The molecule has 1 amide bonds. The Labute approximate surface area is 160 Å². The van der Waals surface area contributed by atoms with Crippen molar-refractivity contribution in [2.24, 2.45) is 0 Å². The maximum atomic E-state index is 12.5. The summed E-state index contributed by atoms with van der Waals surface area (Å²) >= 11 is 0. The Hall–Kier alpha value is -2.54. The lowest BCUT2D eigenvalue weighted by Crippen LogP contribution is -3.08. The van der Waals surface area contributed by atoms with Gasteiger partial charge in [0.25, 0.3) is 5.91 Å². The van der Waals surface area contributed by atoms with Gasteiger partial charge < -0.3 is 19.7 Å². The maximum absolute atomic E-state index is 12.5. The van der Waals surface area contributed by atoms with Gasteiger partial charge in [0, 0.05) is 11.6 Å². The van der Waals surface area contributed by atoms with Crippen molar-refractivity contribution in [3.8, 4) is 11.5 Å². The Kier molecular flexibility index (Phi) is 6.34. The van der Waals surface area contributed by atoms with Crippen molar-refractivity contribution < 1.29 is 19.2 Å². The second-order valence-corrected chi connectivity index (χ2v) is 7.15. The molecule has 1 aliphatic rings. The fourth-order valence-electron chi connectivity index (χ4n) is 3.72. The molecule has 27 heavy (non-hydrogen) atoms. The van der Waals surface area contributed by atoms with Crippen molar-refractivity contribution >= 4 is 11.7 Å². The highest BCUT2D eigenvalue weighted by atomic mass is 16.5. The standard InChI is InChI=1S/C20H28N4O3/c1-23(13-15-8-9-17(26-2)18(12-15)27-3)14-20(25)22-19-10-11-21-24(19)16-6-4-5-7-16/h8-12,16H,4-7,13-14H2,1-3H3,(H,22,25)/p+1. The van der Waals surface area contributed by atoms with Crippen LogP contribution < -0.4 is 19.7 Å². The van der Waals surface area contributed by atoms with Crippen LogP contribution in [0.15, 0.2) is 30.5 Å². The lowest BCUT2D eigenvalue weighted by molar-refractivity contribution is -0.885. The number of likely N-dealkylation sites (N-methyl/N-ethyl adjacent to an activating group) is 1. The Balaban J connectivity index is 1.56. The van der Waals surface area contributed by atoms with Crippen molar-refractivity contribution in [2.75, 3.05) is 33.1 Å². The number of benzene rings is 1. The van der Waals surface area contributed by atoms with Gasteiger partial charge in [-0.05, 0) is 31.0 Å². The number of anilines is 1. The Morgan fingerprint density at radius 3 is 2.67 bits per heavy atom. The summed E-state index contributed by atoms with van der Waals surface area (Å²) in [5.74, 6) is 2.20. The molecule has 2 N–H and O–H groups in total. The van der Waals surface area contributed by atoms with Crippen LogP contribution >= 0.6 is 0 Å². The summed E-state index contributed by atoms with van der Waals surface area (Å²) in [5.41, 5.74) is 1.09. The van der Waals surface area contributed by atoms with Crippen LogP contribution in [-0.2, 0) is 11.3 Å². The van der Waals surface area contributed by atoms with E-state index in [-0.39, 0.29) is 5.91 Å². The lowest BCUT2D eigenvalue weighted by Gasteiger charge is -2.17. The minimum atomic E-state index is -0.00674. The van der Waals surface area contributed by atoms with Crippen LogP contribution in [0.2, 0.25) is 0 Å². The Morgan fingerprint density at radius 1 is 1.22 bits per heavy atom. The van der Waals surface area contributed by atoms with E-state index < -0.39 is 0 Å². The molecule has 1 aromatic carbocycles. The molecule has 1 unspecified atom stereocenters. The van der Waals surface area contributed by atoms with Gasteiger partial charge in [0.2, 0.25) is 0 Å². The van der Waals surface area contributed by atoms with Gasteiger partial charge in [-0.2, -0.15) is 5.10 Å². The van der Waals surface area contributed by atoms with Crippen molar-refractivity contribution in [1.29, 1.82) is 0 Å². The second-order valence-electron chi connectivity index (χ2n) is 7.15. The molecule has 1 aromatic heterocycles. The Bertz CT molecular complexity index is 768. The summed E-state index contributed by atoms with van der Waals surface area (Å²) in [7, 11) is 5.25. The highest BCUT2D eigenvalue weighted by molar-refractivity contribution is 5.90. The number of hydrogen-bond donors (Lipinski definition) is 2. The molecule has 0 bridgehead atoms. The highest BCUT2D eigenvalue weighted by Crippen LogP contribution is 2.31. The lowest BCUT2D eigenvalue weighted by atomic mass is 10.2. The molecule has 1 saturated carbocycles. The third-order valence-electron chi connectivity index (χ3n) is 5.02. The molecule has 146 valence electrons. The number of ether oxygens (including phenoxy) is 2. The third-order valence-corrected chi connectivity index (χ3v) is 5.02. The molecule has 2 aromatic rings. The molecule has 1 heterocycles. The van der Waals surface area contributed by atoms with Gasteiger partial charge in [0.15, 0.2) is 18.0 Å². The van der Waals surface area contributed by atoms with Crippen LogP contribution in [0.5, 0.6) is 11.5 Å². The first kappa shape index (κ1) is 19.2. The number of rotatable bonds is 8. The summed E-state index contributed by atoms with van der Waals surface area (Å²) < 4.78 is 12.6. The topological polar surface area (TPSA) is 69.8 Å². The van der Waals surface area contributed by atoms with E-state index in [0.717, 1.165) is 35.7 Å². The summed E-state index contributed by atoms with van der Waals surface area (Å²) in [6.45, 7) is 1.10. The predicted octanol–water partition coefficient (Wildman–Crippen LogP) is 1.67. The van der Waals surface area contributed by atoms with Crippen molar-refractivity contribution in [1.82, 2.24) is 9.78 Å². The number of nitrogens with zero attached hydrogens (tertiary/aromatic N) is 2. The van der Waals surface area contributed by atoms with Gasteiger partial charge in [-0.3, -0.25) is 4.79 Å². The molecule has 0 saturated heterocycles. The number of nitrogens with one attached hydrogen (secondary N) is 2. The minimum absolute atomic E-state index is 0.00674. The average Bonchev–Trinajstić information content (AvgIpc) is 3.32. The van der Waals surface area contributed by atoms with Crippen LogP contribution in [0.3, 0.4) is 0 Å². The van der Waals surface area contributed by atoms with Crippen LogP contribution in [-0.4, -0.2) is 43.5 Å². The monoisotopic (exact) mass is 373 g/mol. The van der Waals surface area contributed by atoms with Gasteiger partial charge >= 0.3 is 0 Å². The van der Waals surface area contributed by atoms with Crippen LogP contribution in [0.25, 0.3) is 0 Å². The zero-order valence-electron chi connectivity index (χ0n) is 16.3. The van der Waals surface area contributed by atoms with E-state index >= 15 is 0 Å². The van der Waals surface area contributed by atoms with E-state index in [2.05, 4.69) is 10.4 Å². The Morgan fingerprint density at radius 2 is 1.96 bits per heavy atom. The van der Waals surface area contributed by atoms with E-state index in [0.29, 0.717) is 24.1 Å². The van der Waals surface area contributed by atoms with Crippen molar-refractivity contribution in [3.05, 3.63) is 36.0 Å². The van der Waals surface area contributed by atoms with Gasteiger partial charge in [-0.15, -0.1) is 0 Å². The van der Waals surface area contributed by atoms with E-state index in [4.69, 9.17) is 9.47 Å². The fraction of sp³-hybridized carbons (Fsp3) is 0.500. The summed E-state index contributed by atoms with van der Waals surface area (Å²) in [6.07, 6.45) is 6.49. The maximum Gasteiger partial charge on any atom is 0.280 e. The summed E-state index contributed by atoms with van der Waals surface area (Å²) in [5, 5.41) is 7.42.